The van der Waals surface area contributed by atoms with Gasteiger partial charge in [0, 0.05) is 18.5 Å². The molecule has 5 atom stereocenters. The monoisotopic (exact) mass is 399 g/mol. The zero-order valence-electron chi connectivity index (χ0n) is 13.5. The van der Waals surface area contributed by atoms with Crippen LogP contribution in [0.2, 0.25) is 0 Å². The average Bonchev–Trinajstić information content (AvgIpc) is 3.24. The summed E-state index contributed by atoms with van der Waals surface area (Å²) in [6.07, 6.45) is 7.05. The zero-order valence-corrected chi connectivity index (χ0v) is 15.1. The van der Waals surface area contributed by atoms with Crippen LogP contribution in [0.4, 0.5) is 0 Å². The number of carbonyl (C=O) groups is 2. The van der Waals surface area contributed by atoms with Crippen LogP contribution in [0, 0.1) is 11.8 Å². The highest BCUT2D eigenvalue weighted by Crippen LogP contribution is 2.52. The first-order valence-electron chi connectivity index (χ1n) is 8.68. The molecule has 2 amide bonds. The minimum atomic E-state index is -0.813. The van der Waals surface area contributed by atoms with Crippen molar-refractivity contribution in [2.24, 2.45) is 11.8 Å². The van der Waals surface area contributed by atoms with Gasteiger partial charge in [0.2, 0.25) is 11.8 Å². The van der Waals surface area contributed by atoms with Gasteiger partial charge in [0.1, 0.15) is 5.60 Å². The van der Waals surface area contributed by atoms with Crippen molar-refractivity contribution >= 4 is 27.7 Å². The van der Waals surface area contributed by atoms with E-state index in [4.69, 9.17) is 14.2 Å². The third kappa shape index (κ3) is 2.57. The predicted octanol–water partition coefficient (Wildman–Crippen LogP) is 1.62. The second kappa shape index (κ2) is 6.52. The number of nitrogens with zero attached hydrogens (tertiary/aromatic N) is 1. The van der Waals surface area contributed by atoms with Crippen LogP contribution in [0.5, 0.6) is 0 Å². The van der Waals surface area contributed by atoms with E-state index in [2.05, 4.69) is 15.9 Å². The van der Waals surface area contributed by atoms with E-state index in [-0.39, 0.29) is 30.8 Å². The van der Waals surface area contributed by atoms with Crippen molar-refractivity contribution in [1.82, 2.24) is 4.90 Å². The third-order valence-corrected chi connectivity index (χ3v) is 5.96. The van der Waals surface area contributed by atoms with Gasteiger partial charge < -0.3 is 14.2 Å². The SMILES string of the molecule is O=C1C2C3C=CC(COC4CCCCO4)(O3)C2C(=O)N1CCCBr. The highest BCUT2D eigenvalue weighted by Gasteiger charge is 2.67. The van der Waals surface area contributed by atoms with Crippen molar-refractivity contribution in [2.75, 3.05) is 25.1 Å². The lowest BCUT2D eigenvalue weighted by molar-refractivity contribution is -0.191. The molecular weight excluding hydrogens is 378 g/mol. The number of hydrogen-bond donors (Lipinski definition) is 0. The Kier molecular flexibility index (Phi) is 4.53. The quantitative estimate of drug-likeness (QED) is 0.385. The van der Waals surface area contributed by atoms with Crippen molar-refractivity contribution in [2.45, 2.75) is 43.7 Å². The molecule has 2 bridgehead atoms. The summed E-state index contributed by atoms with van der Waals surface area (Å²) in [7, 11) is 0. The molecule has 7 heteroatoms. The predicted molar refractivity (Wildman–Crippen MR) is 88.4 cm³/mol. The number of imide groups is 1. The lowest BCUT2D eigenvalue weighted by atomic mass is 9.77. The number of carbonyl (C=O) groups excluding carboxylic acids is 2. The van der Waals surface area contributed by atoms with Crippen molar-refractivity contribution in [1.29, 1.82) is 0 Å². The van der Waals surface area contributed by atoms with Crippen molar-refractivity contribution in [3.63, 3.8) is 0 Å². The van der Waals surface area contributed by atoms with Gasteiger partial charge >= 0.3 is 0 Å². The van der Waals surface area contributed by atoms with E-state index in [1.54, 1.807) is 0 Å². The fourth-order valence-electron chi connectivity index (χ4n) is 4.23. The number of fused-ring (bicyclic) bond motifs is 5. The fourth-order valence-corrected chi connectivity index (χ4v) is 4.48. The Morgan fingerprint density at radius 2 is 2.21 bits per heavy atom. The Bertz CT molecular complexity index is 561. The molecule has 0 aromatic heterocycles. The van der Waals surface area contributed by atoms with Gasteiger partial charge in [-0.2, -0.15) is 0 Å². The van der Waals surface area contributed by atoms with Crippen LogP contribution in [0.25, 0.3) is 0 Å². The molecule has 0 aromatic carbocycles. The van der Waals surface area contributed by atoms with Gasteiger partial charge in [0.15, 0.2) is 6.29 Å². The fraction of sp³-hybridized carbons (Fsp3) is 0.765. The van der Waals surface area contributed by atoms with Crippen LogP contribution in [-0.2, 0) is 23.8 Å². The van der Waals surface area contributed by atoms with Gasteiger partial charge in [-0.1, -0.05) is 28.1 Å². The minimum Gasteiger partial charge on any atom is -0.359 e. The lowest BCUT2D eigenvalue weighted by Crippen LogP contribution is -2.45. The number of halogens is 1. The number of amides is 2. The molecule has 4 rings (SSSR count). The molecule has 0 radical (unpaired) electrons. The standard InChI is InChI=1S/C17H22BrNO5/c18-7-3-8-19-15(20)13-11-5-6-17(24-11,14(13)16(19)21)10-23-12-4-1-2-9-22-12/h5-6,11-14H,1-4,7-10H2. The maximum atomic E-state index is 12.8. The summed E-state index contributed by atoms with van der Waals surface area (Å²) in [5, 5.41) is 0.769. The molecule has 132 valence electrons. The summed E-state index contributed by atoms with van der Waals surface area (Å²) in [4.78, 5) is 26.9. The summed E-state index contributed by atoms with van der Waals surface area (Å²) in [6, 6.07) is 0. The molecule has 3 fully saturated rings. The molecule has 0 aliphatic carbocycles. The van der Waals surface area contributed by atoms with Gasteiger partial charge in [-0.15, -0.1) is 0 Å². The van der Waals surface area contributed by atoms with Crippen molar-refractivity contribution < 1.29 is 23.8 Å². The molecule has 4 aliphatic heterocycles. The second-order valence-electron chi connectivity index (χ2n) is 6.88. The normalized spacial score (nSPS) is 40.6. The third-order valence-electron chi connectivity index (χ3n) is 5.39. The van der Waals surface area contributed by atoms with Crippen LogP contribution >= 0.6 is 15.9 Å². The number of likely N-dealkylation sites (tertiary alicyclic amines) is 1. The Labute approximate surface area is 149 Å². The highest BCUT2D eigenvalue weighted by atomic mass is 79.9. The molecule has 6 nitrogen and oxygen atoms in total. The number of alkyl halides is 1. The molecule has 5 unspecified atom stereocenters. The summed E-state index contributed by atoms with van der Waals surface area (Å²) >= 11 is 3.35. The van der Waals surface area contributed by atoms with Gasteiger partial charge in [0.05, 0.1) is 24.5 Å². The van der Waals surface area contributed by atoms with E-state index in [0.717, 1.165) is 31.0 Å². The van der Waals surface area contributed by atoms with Crippen LogP contribution in [-0.4, -0.2) is 59.8 Å². The number of hydrogen-bond acceptors (Lipinski definition) is 5. The highest BCUT2D eigenvalue weighted by molar-refractivity contribution is 9.09. The van der Waals surface area contributed by atoms with E-state index in [1.807, 2.05) is 12.2 Å². The van der Waals surface area contributed by atoms with Gasteiger partial charge in [0.25, 0.3) is 0 Å². The summed E-state index contributed by atoms with van der Waals surface area (Å²) in [6.45, 7) is 1.43. The molecule has 24 heavy (non-hydrogen) atoms. The topological polar surface area (TPSA) is 65.1 Å². The van der Waals surface area contributed by atoms with Gasteiger partial charge in [-0.05, 0) is 25.7 Å². The molecule has 4 aliphatic rings. The Morgan fingerprint density at radius 3 is 2.96 bits per heavy atom. The minimum absolute atomic E-state index is 0.101. The first-order chi connectivity index (χ1) is 11.7. The van der Waals surface area contributed by atoms with Crippen molar-refractivity contribution in [3.05, 3.63) is 12.2 Å². The summed E-state index contributed by atoms with van der Waals surface area (Å²) in [5.74, 6) is -1.07. The molecule has 0 spiro atoms. The van der Waals surface area contributed by atoms with E-state index in [1.165, 1.54) is 4.90 Å². The Balaban J connectivity index is 1.49. The van der Waals surface area contributed by atoms with Crippen molar-refractivity contribution in [3.8, 4) is 0 Å². The van der Waals surface area contributed by atoms with Crippen LogP contribution in [0.3, 0.4) is 0 Å². The number of rotatable bonds is 6. The average molecular weight is 400 g/mol. The largest absolute Gasteiger partial charge is 0.359 e. The Hall–Kier alpha value is -0.760. The smallest absolute Gasteiger partial charge is 0.236 e. The first kappa shape index (κ1) is 16.7. The first-order valence-corrected chi connectivity index (χ1v) is 9.80. The van der Waals surface area contributed by atoms with E-state index in [0.29, 0.717) is 13.2 Å². The maximum Gasteiger partial charge on any atom is 0.236 e. The molecule has 0 N–H and O–H groups in total. The summed E-state index contributed by atoms with van der Waals surface area (Å²) in [5.41, 5.74) is -0.813. The van der Waals surface area contributed by atoms with Crippen LogP contribution in [0.15, 0.2) is 12.2 Å². The van der Waals surface area contributed by atoms with E-state index in [9.17, 15) is 9.59 Å². The summed E-state index contributed by atoms with van der Waals surface area (Å²) < 4.78 is 17.6. The zero-order chi connectivity index (χ0) is 16.7. The van der Waals surface area contributed by atoms with Gasteiger partial charge in [-0.25, -0.2) is 0 Å². The second-order valence-corrected chi connectivity index (χ2v) is 7.67. The molecule has 0 saturated carbocycles. The molecule has 3 saturated heterocycles. The maximum absolute atomic E-state index is 12.8. The lowest BCUT2D eigenvalue weighted by Gasteiger charge is -2.31. The van der Waals surface area contributed by atoms with Crippen LogP contribution < -0.4 is 0 Å². The van der Waals surface area contributed by atoms with E-state index >= 15 is 0 Å². The molecular formula is C17H22BrNO5. The van der Waals surface area contributed by atoms with E-state index < -0.39 is 17.4 Å². The Morgan fingerprint density at radius 1 is 1.33 bits per heavy atom. The van der Waals surface area contributed by atoms with Gasteiger partial charge in [-0.3, -0.25) is 14.5 Å². The number of ether oxygens (including phenoxy) is 3. The van der Waals surface area contributed by atoms with Crippen LogP contribution in [0.1, 0.15) is 25.7 Å². The molecule has 0 aromatic rings. The molecule has 4 heterocycles.